The van der Waals surface area contributed by atoms with Gasteiger partial charge in [-0.2, -0.15) is 0 Å². The van der Waals surface area contributed by atoms with Crippen molar-refractivity contribution in [3.63, 3.8) is 0 Å². The molecule has 1 aromatic rings. The lowest BCUT2D eigenvalue weighted by molar-refractivity contribution is -0.393. The van der Waals surface area contributed by atoms with E-state index in [1.165, 1.54) is 25.0 Å². The number of hydrogen-bond acceptors (Lipinski definition) is 6. The molecule has 8 heteroatoms. The van der Waals surface area contributed by atoms with Gasteiger partial charge in [-0.15, -0.1) is 0 Å². The molecule has 1 heterocycles. The molecule has 1 saturated carbocycles. The first kappa shape index (κ1) is 13.7. The van der Waals surface area contributed by atoms with Crippen molar-refractivity contribution >= 4 is 17.1 Å². The standard InChI is InChI=1S/C13H16N4O4/c18-16(19)11-3-4-12(13(7-11)17(20)21)14-9-5-6-15(8-9)10-1-2-10/h3-4,7,9-10,14H,1-2,5-6,8H2. The molecule has 0 radical (unpaired) electrons. The van der Waals surface area contributed by atoms with Crippen LogP contribution < -0.4 is 5.32 Å². The van der Waals surface area contributed by atoms with Crippen molar-refractivity contribution in [3.05, 3.63) is 38.4 Å². The summed E-state index contributed by atoms with van der Waals surface area (Å²) in [5.74, 6) is 0. The number of benzene rings is 1. The number of anilines is 1. The van der Waals surface area contributed by atoms with Crippen LogP contribution in [0.2, 0.25) is 0 Å². The second kappa shape index (κ2) is 5.28. The molecule has 1 aliphatic carbocycles. The third kappa shape index (κ3) is 2.94. The third-order valence-electron chi connectivity index (χ3n) is 4.03. The number of rotatable bonds is 5. The summed E-state index contributed by atoms with van der Waals surface area (Å²) >= 11 is 0. The maximum Gasteiger partial charge on any atom is 0.299 e. The van der Waals surface area contributed by atoms with E-state index in [1.807, 2.05) is 0 Å². The Labute approximate surface area is 121 Å². The Morgan fingerprint density at radius 2 is 1.90 bits per heavy atom. The van der Waals surface area contributed by atoms with E-state index in [0.29, 0.717) is 11.7 Å². The second-order valence-electron chi connectivity index (χ2n) is 5.57. The van der Waals surface area contributed by atoms with Gasteiger partial charge in [-0.05, 0) is 25.3 Å². The van der Waals surface area contributed by atoms with Crippen LogP contribution in [0.15, 0.2) is 18.2 Å². The molecule has 1 aromatic carbocycles. The molecule has 0 spiro atoms. The van der Waals surface area contributed by atoms with E-state index < -0.39 is 9.85 Å². The van der Waals surface area contributed by atoms with Gasteiger partial charge in [-0.1, -0.05) is 0 Å². The summed E-state index contributed by atoms with van der Waals surface area (Å²) in [5.41, 5.74) is -0.152. The highest BCUT2D eigenvalue weighted by molar-refractivity contribution is 5.65. The number of nitro groups is 2. The maximum atomic E-state index is 11.1. The summed E-state index contributed by atoms with van der Waals surface area (Å²) in [4.78, 5) is 23.0. The minimum absolute atomic E-state index is 0.158. The summed E-state index contributed by atoms with van der Waals surface area (Å²) in [6.45, 7) is 1.88. The van der Waals surface area contributed by atoms with Gasteiger partial charge in [0.1, 0.15) is 5.69 Å². The van der Waals surface area contributed by atoms with Crippen LogP contribution in [0.3, 0.4) is 0 Å². The first-order chi connectivity index (χ1) is 10.0. The van der Waals surface area contributed by atoms with Gasteiger partial charge in [-0.25, -0.2) is 0 Å². The summed E-state index contributed by atoms with van der Waals surface area (Å²) in [5, 5.41) is 25.0. The van der Waals surface area contributed by atoms with Crippen molar-refractivity contribution < 1.29 is 9.85 Å². The normalized spacial score (nSPS) is 22.2. The molecule has 112 valence electrons. The van der Waals surface area contributed by atoms with Gasteiger partial charge in [0.2, 0.25) is 0 Å². The summed E-state index contributed by atoms with van der Waals surface area (Å²) in [6.07, 6.45) is 3.42. The number of nitrogens with one attached hydrogen (secondary N) is 1. The maximum absolute atomic E-state index is 11.1. The number of non-ortho nitro benzene ring substituents is 1. The molecule has 1 atom stereocenters. The molecule has 2 fully saturated rings. The van der Waals surface area contributed by atoms with Crippen molar-refractivity contribution in [2.75, 3.05) is 18.4 Å². The fourth-order valence-electron chi connectivity index (χ4n) is 2.80. The summed E-state index contributed by atoms with van der Waals surface area (Å²) < 4.78 is 0. The van der Waals surface area contributed by atoms with Crippen LogP contribution in [0.4, 0.5) is 17.1 Å². The van der Waals surface area contributed by atoms with Crippen LogP contribution in [-0.2, 0) is 0 Å². The molecular formula is C13H16N4O4. The largest absolute Gasteiger partial charge is 0.375 e. The van der Waals surface area contributed by atoms with Crippen molar-refractivity contribution in [3.8, 4) is 0 Å². The number of nitro benzene ring substituents is 2. The fraction of sp³-hybridized carbons (Fsp3) is 0.538. The Hall–Kier alpha value is -2.22. The topological polar surface area (TPSA) is 102 Å². The third-order valence-corrected chi connectivity index (χ3v) is 4.03. The molecular weight excluding hydrogens is 276 g/mol. The van der Waals surface area contributed by atoms with E-state index in [4.69, 9.17) is 0 Å². The van der Waals surface area contributed by atoms with E-state index >= 15 is 0 Å². The van der Waals surface area contributed by atoms with E-state index in [9.17, 15) is 20.2 Å². The van der Waals surface area contributed by atoms with Crippen LogP contribution >= 0.6 is 0 Å². The molecule has 1 aliphatic heterocycles. The average Bonchev–Trinajstić information content (AvgIpc) is 3.19. The predicted octanol–water partition coefficient (Wildman–Crippen LogP) is 2.15. The van der Waals surface area contributed by atoms with Gasteiger partial charge in [0, 0.05) is 31.2 Å². The quantitative estimate of drug-likeness (QED) is 0.659. The number of hydrogen-bond donors (Lipinski definition) is 1. The number of likely N-dealkylation sites (tertiary alicyclic amines) is 1. The van der Waals surface area contributed by atoms with E-state index in [-0.39, 0.29) is 17.4 Å². The van der Waals surface area contributed by atoms with Gasteiger partial charge >= 0.3 is 0 Å². The molecule has 1 unspecified atom stereocenters. The van der Waals surface area contributed by atoms with E-state index in [2.05, 4.69) is 10.2 Å². The van der Waals surface area contributed by atoms with Crippen molar-refractivity contribution in [1.29, 1.82) is 0 Å². The van der Waals surface area contributed by atoms with E-state index in [1.54, 1.807) is 0 Å². The van der Waals surface area contributed by atoms with Crippen molar-refractivity contribution in [1.82, 2.24) is 4.90 Å². The van der Waals surface area contributed by atoms with Gasteiger partial charge in [0.05, 0.1) is 15.9 Å². The molecule has 1 saturated heterocycles. The zero-order valence-electron chi connectivity index (χ0n) is 11.4. The first-order valence-electron chi connectivity index (χ1n) is 6.98. The molecule has 8 nitrogen and oxygen atoms in total. The fourth-order valence-corrected chi connectivity index (χ4v) is 2.80. The Morgan fingerprint density at radius 3 is 2.52 bits per heavy atom. The van der Waals surface area contributed by atoms with Crippen LogP contribution in [0.25, 0.3) is 0 Å². The molecule has 0 aromatic heterocycles. The Bertz CT molecular complexity index is 588. The summed E-state index contributed by atoms with van der Waals surface area (Å²) in [7, 11) is 0. The lowest BCUT2D eigenvalue weighted by Gasteiger charge is -2.16. The zero-order chi connectivity index (χ0) is 15.0. The van der Waals surface area contributed by atoms with Gasteiger partial charge in [-0.3, -0.25) is 25.1 Å². The van der Waals surface area contributed by atoms with Gasteiger partial charge < -0.3 is 5.32 Å². The minimum Gasteiger partial charge on any atom is -0.375 e. The minimum atomic E-state index is -0.624. The molecule has 21 heavy (non-hydrogen) atoms. The van der Waals surface area contributed by atoms with Crippen LogP contribution in [0.5, 0.6) is 0 Å². The van der Waals surface area contributed by atoms with Crippen molar-refractivity contribution in [2.24, 2.45) is 0 Å². The lowest BCUT2D eigenvalue weighted by Crippen LogP contribution is -2.27. The molecule has 0 amide bonds. The van der Waals surface area contributed by atoms with E-state index in [0.717, 1.165) is 25.6 Å². The highest BCUT2D eigenvalue weighted by Gasteiger charge is 2.35. The second-order valence-corrected chi connectivity index (χ2v) is 5.57. The zero-order valence-corrected chi connectivity index (χ0v) is 11.4. The highest BCUT2D eigenvalue weighted by Crippen LogP contribution is 2.33. The predicted molar refractivity (Wildman–Crippen MR) is 76.4 cm³/mol. The monoisotopic (exact) mass is 292 g/mol. The lowest BCUT2D eigenvalue weighted by atomic mass is 10.2. The Balaban J connectivity index is 1.75. The molecule has 3 rings (SSSR count). The van der Waals surface area contributed by atoms with Gasteiger partial charge in [0.15, 0.2) is 0 Å². The van der Waals surface area contributed by atoms with Crippen LogP contribution in [-0.4, -0.2) is 39.9 Å². The van der Waals surface area contributed by atoms with Gasteiger partial charge in [0.25, 0.3) is 11.4 Å². The average molecular weight is 292 g/mol. The summed E-state index contributed by atoms with van der Waals surface area (Å²) in [6, 6.07) is 4.57. The molecule has 1 N–H and O–H groups in total. The molecule has 0 bridgehead atoms. The number of nitrogens with zero attached hydrogens (tertiary/aromatic N) is 3. The Kier molecular flexibility index (Phi) is 3.46. The Morgan fingerprint density at radius 1 is 1.14 bits per heavy atom. The first-order valence-corrected chi connectivity index (χ1v) is 6.98. The SMILES string of the molecule is O=[N+]([O-])c1ccc(NC2CCN(C3CC3)C2)c([N+](=O)[O-])c1. The highest BCUT2D eigenvalue weighted by atomic mass is 16.6. The van der Waals surface area contributed by atoms with Crippen LogP contribution in [0, 0.1) is 20.2 Å². The molecule has 2 aliphatic rings. The van der Waals surface area contributed by atoms with Crippen LogP contribution in [0.1, 0.15) is 19.3 Å². The smallest absolute Gasteiger partial charge is 0.299 e. The van der Waals surface area contributed by atoms with Crippen molar-refractivity contribution in [2.45, 2.75) is 31.3 Å².